The molecular weight excluding hydrogens is 198 g/mol. The van der Waals surface area contributed by atoms with Gasteiger partial charge in [-0.1, -0.05) is 18.2 Å². The zero-order valence-electron chi connectivity index (χ0n) is 7.79. The van der Waals surface area contributed by atoms with Gasteiger partial charge in [-0.15, -0.1) is 0 Å². The number of carboxylic acid groups (broad SMARTS) is 1. The lowest BCUT2D eigenvalue weighted by atomic mass is 10.1. The standard InChI is InChI=1S/C10H9NO4/c12-10(13)8-5-7(8)6-3-1-2-4-9(6)11(14)15/h1-4,7-8H,5H2,(H,12,13). The van der Waals surface area contributed by atoms with E-state index in [1.807, 2.05) is 0 Å². The van der Waals surface area contributed by atoms with Gasteiger partial charge in [-0.05, 0) is 6.42 Å². The van der Waals surface area contributed by atoms with Gasteiger partial charge in [0.2, 0.25) is 0 Å². The van der Waals surface area contributed by atoms with Crippen molar-refractivity contribution in [2.75, 3.05) is 0 Å². The molecule has 1 fully saturated rings. The Morgan fingerprint density at radius 3 is 2.67 bits per heavy atom. The number of hydrogen-bond acceptors (Lipinski definition) is 3. The van der Waals surface area contributed by atoms with Crippen LogP contribution in [0.25, 0.3) is 0 Å². The number of carboxylic acids is 1. The molecule has 15 heavy (non-hydrogen) atoms. The molecule has 0 radical (unpaired) electrons. The number of hydrogen-bond donors (Lipinski definition) is 1. The third-order valence-corrected chi connectivity index (χ3v) is 2.64. The summed E-state index contributed by atoms with van der Waals surface area (Å²) < 4.78 is 0. The highest BCUT2D eigenvalue weighted by Crippen LogP contribution is 2.50. The predicted octanol–water partition coefficient (Wildman–Crippen LogP) is 1.78. The van der Waals surface area contributed by atoms with Gasteiger partial charge in [-0.25, -0.2) is 0 Å². The van der Waals surface area contributed by atoms with E-state index in [0.29, 0.717) is 12.0 Å². The summed E-state index contributed by atoms with van der Waals surface area (Å²) >= 11 is 0. The highest BCUT2D eigenvalue weighted by Gasteiger charge is 2.46. The van der Waals surface area contributed by atoms with E-state index in [1.54, 1.807) is 18.2 Å². The van der Waals surface area contributed by atoms with Gasteiger partial charge in [-0.2, -0.15) is 0 Å². The molecule has 2 atom stereocenters. The van der Waals surface area contributed by atoms with E-state index < -0.39 is 16.8 Å². The second-order valence-corrected chi connectivity index (χ2v) is 3.60. The van der Waals surface area contributed by atoms with Crippen LogP contribution in [0.1, 0.15) is 17.9 Å². The summed E-state index contributed by atoms with van der Waals surface area (Å²) in [4.78, 5) is 20.9. The van der Waals surface area contributed by atoms with E-state index in [0.717, 1.165) is 0 Å². The second-order valence-electron chi connectivity index (χ2n) is 3.60. The van der Waals surface area contributed by atoms with Gasteiger partial charge in [0.15, 0.2) is 0 Å². The van der Waals surface area contributed by atoms with E-state index in [-0.39, 0.29) is 11.6 Å². The van der Waals surface area contributed by atoms with Crippen molar-refractivity contribution >= 4 is 11.7 Å². The molecule has 0 amide bonds. The molecular formula is C10H9NO4. The molecule has 1 aliphatic carbocycles. The maximum Gasteiger partial charge on any atom is 0.307 e. The molecule has 78 valence electrons. The Hall–Kier alpha value is -1.91. The summed E-state index contributed by atoms with van der Waals surface area (Å²) in [6.07, 6.45) is 0.500. The van der Waals surface area contributed by atoms with Gasteiger partial charge in [0, 0.05) is 17.5 Å². The molecule has 1 saturated carbocycles. The fourth-order valence-electron chi connectivity index (χ4n) is 1.78. The number of para-hydroxylation sites is 1. The average Bonchev–Trinajstić information content (AvgIpc) is 2.97. The van der Waals surface area contributed by atoms with Gasteiger partial charge in [0.05, 0.1) is 10.8 Å². The molecule has 2 rings (SSSR count). The largest absolute Gasteiger partial charge is 0.481 e. The van der Waals surface area contributed by atoms with E-state index >= 15 is 0 Å². The monoisotopic (exact) mass is 207 g/mol. The Labute approximate surface area is 85.5 Å². The van der Waals surface area contributed by atoms with Crippen LogP contribution in [-0.2, 0) is 4.79 Å². The Morgan fingerprint density at radius 1 is 1.47 bits per heavy atom. The molecule has 1 N–H and O–H groups in total. The summed E-state index contributed by atoms with van der Waals surface area (Å²) in [6.45, 7) is 0. The Bertz CT molecular complexity index is 429. The van der Waals surface area contributed by atoms with Gasteiger partial charge >= 0.3 is 5.97 Å². The lowest BCUT2D eigenvalue weighted by Gasteiger charge is -1.99. The third kappa shape index (κ3) is 1.68. The van der Waals surface area contributed by atoms with Crippen LogP contribution in [0.3, 0.4) is 0 Å². The molecule has 1 aromatic rings. The first-order chi connectivity index (χ1) is 7.11. The first kappa shape index (κ1) is 9.64. The molecule has 0 bridgehead atoms. The lowest BCUT2D eigenvalue weighted by Crippen LogP contribution is -2.00. The van der Waals surface area contributed by atoms with Crippen LogP contribution in [0.4, 0.5) is 5.69 Å². The maximum absolute atomic E-state index is 10.7. The van der Waals surface area contributed by atoms with Crippen molar-refractivity contribution in [3.63, 3.8) is 0 Å². The predicted molar refractivity (Wildman–Crippen MR) is 51.6 cm³/mol. The van der Waals surface area contributed by atoms with Gasteiger partial charge in [0.1, 0.15) is 0 Å². The minimum Gasteiger partial charge on any atom is -0.481 e. The van der Waals surface area contributed by atoms with E-state index in [1.165, 1.54) is 6.07 Å². The quantitative estimate of drug-likeness (QED) is 0.605. The summed E-state index contributed by atoms with van der Waals surface area (Å²) in [5, 5.41) is 19.4. The van der Waals surface area contributed by atoms with Crippen LogP contribution in [0, 0.1) is 16.0 Å². The van der Waals surface area contributed by atoms with Crippen LogP contribution in [0.2, 0.25) is 0 Å². The normalized spacial score (nSPS) is 23.5. The number of nitro benzene ring substituents is 1. The van der Waals surface area contributed by atoms with Crippen LogP contribution < -0.4 is 0 Å². The first-order valence-corrected chi connectivity index (χ1v) is 4.57. The number of aliphatic carboxylic acids is 1. The molecule has 0 aromatic heterocycles. The number of benzene rings is 1. The van der Waals surface area contributed by atoms with Crippen LogP contribution in [0.15, 0.2) is 24.3 Å². The summed E-state index contributed by atoms with van der Waals surface area (Å²) in [5.41, 5.74) is 0.557. The SMILES string of the molecule is O=C(O)C1CC1c1ccccc1[N+](=O)[O-]. The number of nitrogens with zero attached hydrogens (tertiary/aromatic N) is 1. The van der Waals surface area contributed by atoms with Crippen molar-refractivity contribution in [3.05, 3.63) is 39.9 Å². The lowest BCUT2D eigenvalue weighted by molar-refractivity contribution is -0.385. The molecule has 5 nitrogen and oxygen atoms in total. The number of carbonyl (C=O) groups is 1. The molecule has 2 unspecified atom stereocenters. The molecule has 0 aliphatic heterocycles. The van der Waals surface area contributed by atoms with Crippen LogP contribution in [0.5, 0.6) is 0 Å². The fraction of sp³-hybridized carbons (Fsp3) is 0.300. The number of nitro groups is 1. The van der Waals surface area contributed by atoms with Crippen molar-refractivity contribution in [1.29, 1.82) is 0 Å². The fourth-order valence-corrected chi connectivity index (χ4v) is 1.78. The van der Waals surface area contributed by atoms with Gasteiger partial charge in [0.25, 0.3) is 5.69 Å². The Morgan fingerprint density at radius 2 is 2.13 bits per heavy atom. The van der Waals surface area contributed by atoms with Crippen molar-refractivity contribution < 1.29 is 14.8 Å². The van der Waals surface area contributed by atoms with Gasteiger partial charge < -0.3 is 5.11 Å². The average molecular weight is 207 g/mol. The van der Waals surface area contributed by atoms with E-state index in [9.17, 15) is 14.9 Å². The van der Waals surface area contributed by atoms with Crippen molar-refractivity contribution in [1.82, 2.24) is 0 Å². The zero-order chi connectivity index (χ0) is 11.0. The molecule has 0 heterocycles. The minimum atomic E-state index is -0.877. The molecule has 1 aromatic carbocycles. The minimum absolute atomic E-state index is 0.0197. The zero-order valence-corrected chi connectivity index (χ0v) is 7.79. The summed E-state index contributed by atoms with van der Waals surface area (Å²) in [5.74, 6) is -1.52. The van der Waals surface area contributed by atoms with Crippen molar-refractivity contribution in [2.24, 2.45) is 5.92 Å². The summed E-state index contributed by atoms with van der Waals surface area (Å²) in [7, 11) is 0. The Kier molecular flexibility index (Phi) is 2.15. The number of rotatable bonds is 3. The molecule has 5 heteroatoms. The highest BCUT2D eigenvalue weighted by molar-refractivity contribution is 5.75. The first-order valence-electron chi connectivity index (χ1n) is 4.57. The van der Waals surface area contributed by atoms with E-state index in [4.69, 9.17) is 5.11 Å². The third-order valence-electron chi connectivity index (χ3n) is 2.64. The highest BCUT2D eigenvalue weighted by atomic mass is 16.6. The van der Waals surface area contributed by atoms with Gasteiger partial charge in [-0.3, -0.25) is 14.9 Å². The molecule has 1 aliphatic rings. The summed E-state index contributed by atoms with van der Waals surface area (Å²) in [6, 6.07) is 6.32. The second kappa shape index (κ2) is 3.34. The van der Waals surface area contributed by atoms with Crippen molar-refractivity contribution in [3.8, 4) is 0 Å². The topological polar surface area (TPSA) is 80.4 Å². The van der Waals surface area contributed by atoms with Crippen molar-refractivity contribution in [2.45, 2.75) is 12.3 Å². The maximum atomic E-state index is 10.7. The van der Waals surface area contributed by atoms with Crippen LogP contribution in [-0.4, -0.2) is 16.0 Å². The Balaban J connectivity index is 2.30. The molecule has 0 saturated heterocycles. The van der Waals surface area contributed by atoms with E-state index in [2.05, 4.69) is 0 Å². The molecule has 0 spiro atoms. The smallest absolute Gasteiger partial charge is 0.307 e. The van der Waals surface area contributed by atoms with Crippen LogP contribution >= 0.6 is 0 Å².